The first-order valence-corrected chi connectivity index (χ1v) is 7.72. The Morgan fingerprint density at radius 2 is 1.92 bits per heavy atom. The molecule has 0 aliphatic carbocycles. The monoisotopic (exact) mass is 321 g/mol. The molecule has 0 fully saturated rings. The van der Waals surface area contributed by atoms with Crippen LogP contribution in [-0.2, 0) is 0 Å². The fraction of sp³-hybridized carbons (Fsp3) is 0.167. The van der Waals surface area contributed by atoms with Crippen LogP contribution in [-0.4, -0.2) is 20.2 Å². The topological polar surface area (TPSA) is 55.6 Å². The van der Waals surface area contributed by atoms with Gasteiger partial charge in [0.1, 0.15) is 11.9 Å². The summed E-state index contributed by atoms with van der Waals surface area (Å²) in [6, 6.07) is 12.5. The quantitative estimate of drug-likeness (QED) is 0.785. The Balaban J connectivity index is 1.84. The van der Waals surface area contributed by atoms with Crippen molar-refractivity contribution >= 4 is 11.6 Å². The van der Waals surface area contributed by atoms with Crippen molar-refractivity contribution < 1.29 is 4.39 Å². The molecule has 2 heterocycles. The summed E-state index contributed by atoms with van der Waals surface area (Å²) < 4.78 is 15.9. The van der Waals surface area contributed by atoms with Gasteiger partial charge in [-0.15, -0.1) is 0 Å². The summed E-state index contributed by atoms with van der Waals surface area (Å²) in [6.07, 6.45) is 1.95. The molecule has 3 aromatic rings. The zero-order valence-electron chi connectivity index (χ0n) is 13.4. The number of aryl methyl sites for hydroxylation is 2. The summed E-state index contributed by atoms with van der Waals surface area (Å²) in [7, 11) is 0. The minimum absolute atomic E-state index is 0.276. The van der Waals surface area contributed by atoms with Crippen LogP contribution in [0, 0.1) is 19.7 Å². The average Bonchev–Trinajstić information content (AvgIpc) is 3.05. The molecule has 0 spiro atoms. The van der Waals surface area contributed by atoms with Crippen molar-refractivity contribution in [2.75, 3.05) is 5.32 Å². The number of allylic oxidation sites excluding steroid dienone is 1. The third-order valence-corrected chi connectivity index (χ3v) is 4.37. The minimum atomic E-state index is -0.394. The van der Waals surface area contributed by atoms with E-state index in [1.54, 1.807) is 16.8 Å². The second kappa shape index (κ2) is 5.56. The predicted octanol–water partition coefficient (Wildman–Crippen LogP) is 3.49. The molecule has 1 unspecified atom stereocenters. The normalized spacial score (nSPS) is 16.3. The summed E-state index contributed by atoms with van der Waals surface area (Å²) in [5.74, 6) is 0.223. The molecule has 0 radical (unpaired) electrons. The molecule has 0 saturated heterocycles. The van der Waals surface area contributed by atoms with Crippen LogP contribution in [0.15, 0.2) is 48.5 Å². The standard InChI is InChI=1S/C18H16FN5/c1-11-7-8-13(9-12(11)2)16-10-17(14-5-3-4-6-15(14)19)24-18(20-16)21-22-23-24/h3-10,17H,1-2H3,(H,20,21,23). The van der Waals surface area contributed by atoms with Gasteiger partial charge in [0.2, 0.25) is 5.95 Å². The van der Waals surface area contributed by atoms with Crippen molar-refractivity contribution in [3.05, 3.63) is 76.6 Å². The Labute approximate surface area is 138 Å². The Bertz CT molecular complexity index is 944. The molecule has 0 saturated carbocycles. The van der Waals surface area contributed by atoms with Crippen molar-refractivity contribution in [2.24, 2.45) is 0 Å². The molecule has 6 heteroatoms. The number of nitrogens with zero attached hydrogens (tertiary/aromatic N) is 4. The van der Waals surface area contributed by atoms with Gasteiger partial charge in [-0.3, -0.25) is 0 Å². The Hall–Kier alpha value is -3.02. The summed E-state index contributed by atoms with van der Waals surface area (Å²) in [5.41, 5.74) is 4.85. The number of nitrogens with one attached hydrogen (secondary N) is 1. The largest absolute Gasteiger partial charge is 0.323 e. The van der Waals surface area contributed by atoms with Gasteiger partial charge in [0.05, 0.1) is 0 Å². The summed E-state index contributed by atoms with van der Waals surface area (Å²) in [4.78, 5) is 0. The van der Waals surface area contributed by atoms with Crippen LogP contribution in [0.25, 0.3) is 5.70 Å². The van der Waals surface area contributed by atoms with Gasteiger partial charge >= 0.3 is 0 Å². The molecule has 1 atom stereocenters. The highest BCUT2D eigenvalue weighted by molar-refractivity contribution is 5.77. The maximum atomic E-state index is 14.3. The Kier molecular flexibility index (Phi) is 3.37. The van der Waals surface area contributed by atoms with E-state index >= 15 is 0 Å². The van der Waals surface area contributed by atoms with Crippen molar-refractivity contribution in [1.82, 2.24) is 20.2 Å². The molecule has 120 valence electrons. The van der Waals surface area contributed by atoms with E-state index in [0.717, 1.165) is 11.3 Å². The van der Waals surface area contributed by atoms with Gasteiger partial charge in [-0.05, 0) is 59.2 Å². The van der Waals surface area contributed by atoms with Gasteiger partial charge in [-0.25, -0.2) is 4.39 Å². The number of hydrogen-bond donors (Lipinski definition) is 1. The highest BCUT2D eigenvalue weighted by Crippen LogP contribution is 2.32. The van der Waals surface area contributed by atoms with E-state index in [0.29, 0.717) is 11.5 Å². The maximum Gasteiger partial charge on any atom is 0.248 e. The van der Waals surface area contributed by atoms with E-state index in [4.69, 9.17) is 0 Å². The van der Waals surface area contributed by atoms with Gasteiger partial charge in [0.15, 0.2) is 0 Å². The number of anilines is 1. The number of tetrazole rings is 1. The summed E-state index contributed by atoms with van der Waals surface area (Å²) in [6.45, 7) is 4.14. The summed E-state index contributed by atoms with van der Waals surface area (Å²) in [5, 5.41) is 14.9. The molecule has 0 amide bonds. The Morgan fingerprint density at radius 1 is 1.08 bits per heavy atom. The lowest BCUT2D eigenvalue weighted by molar-refractivity contribution is 0.540. The first-order valence-electron chi connectivity index (χ1n) is 7.72. The minimum Gasteiger partial charge on any atom is -0.323 e. The lowest BCUT2D eigenvalue weighted by atomic mass is 9.99. The first-order chi connectivity index (χ1) is 11.6. The van der Waals surface area contributed by atoms with Crippen LogP contribution in [0.3, 0.4) is 0 Å². The van der Waals surface area contributed by atoms with Crippen LogP contribution < -0.4 is 5.32 Å². The smallest absolute Gasteiger partial charge is 0.248 e. The fourth-order valence-corrected chi connectivity index (χ4v) is 2.87. The van der Waals surface area contributed by atoms with E-state index in [9.17, 15) is 4.39 Å². The molecular weight excluding hydrogens is 305 g/mol. The number of benzene rings is 2. The van der Waals surface area contributed by atoms with Crippen LogP contribution in [0.2, 0.25) is 0 Å². The molecule has 24 heavy (non-hydrogen) atoms. The van der Waals surface area contributed by atoms with E-state index in [-0.39, 0.29) is 5.82 Å². The van der Waals surface area contributed by atoms with Gasteiger partial charge in [-0.2, -0.15) is 4.68 Å². The number of fused-ring (bicyclic) bond motifs is 1. The van der Waals surface area contributed by atoms with Crippen LogP contribution in [0.4, 0.5) is 10.3 Å². The van der Waals surface area contributed by atoms with Crippen molar-refractivity contribution in [2.45, 2.75) is 19.9 Å². The highest BCUT2D eigenvalue weighted by Gasteiger charge is 2.26. The second-order valence-electron chi connectivity index (χ2n) is 5.92. The Morgan fingerprint density at radius 3 is 2.71 bits per heavy atom. The second-order valence-corrected chi connectivity index (χ2v) is 5.92. The number of aromatic nitrogens is 4. The highest BCUT2D eigenvalue weighted by atomic mass is 19.1. The molecule has 0 bridgehead atoms. The third-order valence-electron chi connectivity index (χ3n) is 4.37. The zero-order chi connectivity index (χ0) is 16.7. The van der Waals surface area contributed by atoms with Crippen LogP contribution >= 0.6 is 0 Å². The lowest BCUT2D eigenvalue weighted by Crippen LogP contribution is -2.21. The van der Waals surface area contributed by atoms with Crippen LogP contribution in [0.5, 0.6) is 0 Å². The molecule has 5 nitrogen and oxygen atoms in total. The van der Waals surface area contributed by atoms with Crippen molar-refractivity contribution in [3.8, 4) is 0 Å². The molecular formula is C18H16FN5. The molecule has 1 aromatic heterocycles. The van der Waals surface area contributed by atoms with Crippen molar-refractivity contribution in [1.29, 1.82) is 0 Å². The number of rotatable bonds is 2. The first kappa shape index (κ1) is 14.6. The van der Waals surface area contributed by atoms with E-state index in [1.165, 1.54) is 17.2 Å². The maximum absolute atomic E-state index is 14.3. The van der Waals surface area contributed by atoms with Gasteiger partial charge in [0, 0.05) is 11.3 Å². The van der Waals surface area contributed by atoms with Gasteiger partial charge in [0.25, 0.3) is 0 Å². The van der Waals surface area contributed by atoms with E-state index in [1.807, 2.05) is 18.2 Å². The number of hydrogen-bond acceptors (Lipinski definition) is 4. The molecule has 1 aliphatic rings. The fourth-order valence-electron chi connectivity index (χ4n) is 2.87. The van der Waals surface area contributed by atoms with Gasteiger partial charge in [-0.1, -0.05) is 35.4 Å². The van der Waals surface area contributed by atoms with E-state index in [2.05, 4.69) is 46.8 Å². The summed E-state index contributed by atoms with van der Waals surface area (Å²) >= 11 is 0. The van der Waals surface area contributed by atoms with Gasteiger partial charge < -0.3 is 5.32 Å². The number of halogens is 1. The predicted molar refractivity (Wildman–Crippen MR) is 89.9 cm³/mol. The average molecular weight is 321 g/mol. The SMILES string of the molecule is Cc1ccc(C2=CC(c3ccccc3F)n3nnnc3N2)cc1C. The third kappa shape index (κ3) is 2.36. The van der Waals surface area contributed by atoms with E-state index < -0.39 is 6.04 Å². The molecule has 2 aromatic carbocycles. The zero-order valence-corrected chi connectivity index (χ0v) is 13.4. The van der Waals surface area contributed by atoms with Crippen molar-refractivity contribution in [3.63, 3.8) is 0 Å². The molecule has 1 aliphatic heterocycles. The van der Waals surface area contributed by atoms with Crippen LogP contribution in [0.1, 0.15) is 28.3 Å². The lowest BCUT2D eigenvalue weighted by Gasteiger charge is -2.24. The molecule has 4 rings (SSSR count). The molecule has 1 N–H and O–H groups in total.